The first kappa shape index (κ1) is 22.2. The molecule has 3 amide bonds. The first-order valence-electron chi connectivity index (χ1n) is 11.2. The molecule has 1 saturated heterocycles. The molecule has 5 rings (SSSR count). The van der Waals surface area contributed by atoms with Crippen molar-refractivity contribution in [3.63, 3.8) is 0 Å². The van der Waals surface area contributed by atoms with Gasteiger partial charge in [0, 0.05) is 17.8 Å². The van der Waals surface area contributed by atoms with Crippen LogP contribution in [0.1, 0.15) is 22.3 Å². The number of benzene rings is 3. The molecule has 0 unspecified atom stereocenters. The lowest BCUT2D eigenvalue weighted by Crippen LogP contribution is -2.51. The maximum Gasteiger partial charge on any atom is 0.269 e. The van der Waals surface area contributed by atoms with E-state index < -0.39 is 4.87 Å². The quantitative estimate of drug-likeness (QED) is 0.613. The minimum Gasteiger partial charge on any atom is -0.350 e. The molecule has 3 aromatic rings. The average Bonchev–Trinajstić information content (AvgIpc) is 3.29. The van der Waals surface area contributed by atoms with Gasteiger partial charge in [-0.1, -0.05) is 60.2 Å². The van der Waals surface area contributed by atoms with Crippen molar-refractivity contribution in [2.75, 3.05) is 22.1 Å². The summed E-state index contributed by atoms with van der Waals surface area (Å²) < 4.78 is 0. The lowest BCUT2D eigenvalue weighted by molar-refractivity contribution is -0.125. The highest BCUT2D eigenvalue weighted by Gasteiger charge is 2.61. The Labute approximate surface area is 202 Å². The fourth-order valence-electron chi connectivity index (χ4n) is 4.59. The molecule has 0 radical (unpaired) electrons. The highest BCUT2D eigenvalue weighted by Crippen LogP contribution is 2.55. The number of para-hydroxylation sites is 1. The summed E-state index contributed by atoms with van der Waals surface area (Å²) >= 11 is 1.32. The molecule has 0 aliphatic carbocycles. The van der Waals surface area contributed by atoms with Crippen LogP contribution in [0.4, 0.5) is 11.4 Å². The molecule has 2 heterocycles. The number of aryl methyl sites for hydroxylation is 2. The van der Waals surface area contributed by atoms with Crippen LogP contribution in [0.15, 0.2) is 72.8 Å². The first-order chi connectivity index (χ1) is 16.4. The molecule has 0 saturated carbocycles. The van der Waals surface area contributed by atoms with Crippen LogP contribution in [0, 0.1) is 13.8 Å². The summed E-state index contributed by atoms with van der Waals surface area (Å²) in [4.78, 5) is 41.8. The largest absolute Gasteiger partial charge is 0.350 e. The van der Waals surface area contributed by atoms with E-state index in [9.17, 15) is 14.4 Å². The Morgan fingerprint density at radius 2 is 1.74 bits per heavy atom. The molecule has 3 aromatic carbocycles. The summed E-state index contributed by atoms with van der Waals surface area (Å²) in [5, 5.41) is 2.91. The van der Waals surface area contributed by atoms with Crippen LogP contribution in [0.2, 0.25) is 0 Å². The fraction of sp³-hybridized carbons (Fsp3) is 0.222. The van der Waals surface area contributed by atoms with Crippen LogP contribution in [0.5, 0.6) is 0 Å². The van der Waals surface area contributed by atoms with Crippen LogP contribution in [-0.4, -0.2) is 30.0 Å². The van der Waals surface area contributed by atoms with E-state index >= 15 is 0 Å². The normalized spacial score (nSPS) is 19.1. The van der Waals surface area contributed by atoms with Crippen molar-refractivity contribution in [2.45, 2.75) is 25.3 Å². The number of anilines is 2. The number of hydrogen-bond acceptors (Lipinski definition) is 4. The van der Waals surface area contributed by atoms with Gasteiger partial charge in [0.15, 0.2) is 0 Å². The lowest BCUT2D eigenvalue weighted by Gasteiger charge is -2.33. The van der Waals surface area contributed by atoms with E-state index in [-0.39, 0.29) is 30.0 Å². The minimum absolute atomic E-state index is 0.111. The van der Waals surface area contributed by atoms with Crippen molar-refractivity contribution in [1.82, 2.24) is 5.32 Å². The molecule has 1 atom stereocenters. The van der Waals surface area contributed by atoms with Gasteiger partial charge in [-0.3, -0.25) is 24.2 Å². The number of nitrogens with one attached hydrogen (secondary N) is 1. The van der Waals surface area contributed by atoms with Gasteiger partial charge in [0.05, 0.1) is 11.4 Å². The molecule has 34 heavy (non-hydrogen) atoms. The molecule has 2 aliphatic heterocycles. The second-order valence-electron chi connectivity index (χ2n) is 8.67. The predicted octanol–water partition coefficient (Wildman–Crippen LogP) is 3.90. The molecule has 1 fully saturated rings. The molecule has 7 heteroatoms. The molecule has 1 N–H and O–H groups in total. The van der Waals surface area contributed by atoms with E-state index in [4.69, 9.17) is 0 Å². The van der Waals surface area contributed by atoms with Crippen molar-refractivity contribution in [3.8, 4) is 0 Å². The van der Waals surface area contributed by atoms with Gasteiger partial charge in [-0.2, -0.15) is 0 Å². The fourth-order valence-corrected chi connectivity index (χ4v) is 5.95. The zero-order chi connectivity index (χ0) is 23.9. The first-order valence-corrected chi connectivity index (χ1v) is 12.2. The number of amides is 3. The molecule has 1 spiro atoms. The Balaban J connectivity index is 1.45. The Kier molecular flexibility index (Phi) is 5.65. The Morgan fingerprint density at radius 1 is 0.971 bits per heavy atom. The zero-order valence-electron chi connectivity index (χ0n) is 19.1. The van der Waals surface area contributed by atoms with Gasteiger partial charge in [0.2, 0.25) is 16.7 Å². The monoisotopic (exact) mass is 471 g/mol. The third-order valence-corrected chi connectivity index (χ3v) is 7.62. The minimum atomic E-state index is -1.21. The van der Waals surface area contributed by atoms with Crippen molar-refractivity contribution in [3.05, 3.63) is 95.1 Å². The van der Waals surface area contributed by atoms with Crippen molar-refractivity contribution < 1.29 is 14.4 Å². The maximum absolute atomic E-state index is 14.0. The van der Waals surface area contributed by atoms with Crippen molar-refractivity contribution in [1.29, 1.82) is 0 Å². The van der Waals surface area contributed by atoms with Gasteiger partial charge < -0.3 is 5.32 Å². The summed E-state index contributed by atoms with van der Waals surface area (Å²) in [6.45, 7) is 4.25. The topological polar surface area (TPSA) is 69.7 Å². The SMILES string of the molecule is Cc1ccc(CNC(=O)CN2C(=O)[C@@]3(SCC(=O)N3c3cccc(C)c3)c3ccccc32)cc1. The van der Waals surface area contributed by atoms with E-state index in [1.165, 1.54) is 16.7 Å². The molecule has 6 nitrogen and oxygen atoms in total. The standard InChI is InChI=1S/C27H25N3O3S/c1-18-10-12-20(13-11-18)15-28-24(31)16-29-23-9-4-3-8-22(23)27(26(29)33)30(25(32)17-34-27)21-7-5-6-19(2)14-21/h3-14H,15-17H2,1-2H3,(H,28,31)/t27-/m0/s1. The van der Waals surface area contributed by atoms with E-state index in [0.29, 0.717) is 17.9 Å². The Hall–Kier alpha value is -3.58. The molecule has 0 bridgehead atoms. The highest BCUT2D eigenvalue weighted by molar-refractivity contribution is 8.02. The summed E-state index contributed by atoms with van der Waals surface area (Å²) in [5.74, 6) is -0.445. The third kappa shape index (κ3) is 3.66. The summed E-state index contributed by atoms with van der Waals surface area (Å²) in [5.41, 5.74) is 5.24. The van der Waals surface area contributed by atoms with Crippen LogP contribution in [0.25, 0.3) is 0 Å². The second kappa shape index (κ2) is 8.65. The van der Waals surface area contributed by atoms with Gasteiger partial charge in [0.1, 0.15) is 6.54 Å². The van der Waals surface area contributed by atoms with E-state index in [2.05, 4.69) is 5.32 Å². The number of hydrogen-bond donors (Lipinski definition) is 1. The number of nitrogens with zero attached hydrogens (tertiary/aromatic N) is 2. The van der Waals surface area contributed by atoms with E-state index in [0.717, 1.165) is 22.3 Å². The average molecular weight is 472 g/mol. The van der Waals surface area contributed by atoms with Crippen molar-refractivity contribution in [2.24, 2.45) is 0 Å². The van der Waals surface area contributed by atoms with Gasteiger partial charge in [-0.25, -0.2) is 0 Å². The third-order valence-electron chi connectivity index (χ3n) is 6.24. The molecule has 172 valence electrons. The highest BCUT2D eigenvalue weighted by atomic mass is 32.2. The number of rotatable bonds is 5. The smallest absolute Gasteiger partial charge is 0.269 e. The van der Waals surface area contributed by atoms with Gasteiger partial charge in [-0.05, 0) is 43.2 Å². The van der Waals surface area contributed by atoms with Gasteiger partial charge in [-0.15, -0.1) is 11.8 Å². The molecular weight excluding hydrogens is 446 g/mol. The zero-order valence-corrected chi connectivity index (χ0v) is 19.9. The number of carbonyl (C=O) groups excluding carboxylic acids is 3. The Bertz CT molecular complexity index is 1290. The number of carbonyl (C=O) groups is 3. The lowest BCUT2D eigenvalue weighted by atomic mass is 10.0. The van der Waals surface area contributed by atoms with Gasteiger partial charge in [0.25, 0.3) is 5.91 Å². The maximum atomic E-state index is 14.0. The summed E-state index contributed by atoms with van der Waals surface area (Å²) in [7, 11) is 0. The van der Waals surface area contributed by atoms with Gasteiger partial charge >= 0.3 is 0 Å². The Morgan fingerprint density at radius 3 is 2.50 bits per heavy atom. The summed E-state index contributed by atoms with van der Waals surface area (Å²) in [6.07, 6.45) is 0. The predicted molar refractivity (Wildman–Crippen MR) is 135 cm³/mol. The molecular formula is C27H25N3O3S. The second-order valence-corrected chi connectivity index (χ2v) is 9.84. The number of fused-ring (bicyclic) bond motifs is 2. The van der Waals surface area contributed by atoms with E-state index in [1.54, 1.807) is 4.90 Å². The molecule has 2 aliphatic rings. The summed E-state index contributed by atoms with van der Waals surface area (Å²) in [6, 6.07) is 23.0. The number of thioether (sulfide) groups is 1. The van der Waals surface area contributed by atoms with E-state index in [1.807, 2.05) is 86.6 Å². The molecule has 0 aromatic heterocycles. The van der Waals surface area contributed by atoms with Crippen molar-refractivity contribution >= 4 is 40.9 Å². The van der Waals surface area contributed by atoms with Crippen LogP contribution in [0.3, 0.4) is 0 Å². The van der Waals surface area contributed by atoms with Crippen LogP contribution >= 0.6 is 11.8 Å². The van der Waals surface area contributed by atoms with Crippen LogP contribution < -0.4 is 15.1 Å². The van der Waals surface area contributed by atoms with Crippen LogP contribution in [-0.2, 0) is 25.8 Å².